The van der Waals surface area contributed by atoms with Gasteiger partial charge in [-0.3, -0.25) is 0 Å². The van der Waals surface area contributed by atoms with Gasteiger partial charge in [-0.15, -0.1) is 0 Å². The molecule has 1 aromatic heterocycles. The second-order valence-electron chi connectivity index (χ2n) is 3.78. The highest BCUT2D eigenvalue weighted by molar-refractivity contribution is 7.07. The maximum atomic E-state index is 11.7. The summed E-state index contributed by atoms with van der Waals surface area (Å²) in [5.74, 6) is 0. The second-order valence-corrected chi connectivity index (χ2v) is 4.56. The first kappa shape index (κ1) is 14.5. The topological polar surface area (TPSA) is 29.5 Å². The Bertz CT molecular complexity index is 298. The minimum absolute atomic E-state index is 0.0652. The van der Waals surface area contributed by atoms with E-state index in [1.165, 1.54) is 0 Å². The lowest BCUT2D eigenvalue weighted by atomic mass is 10.1. The zero-order valence-corrected chi connectivity index (χ0v) is 10.1. The third-order valence-electron chi connectivity index (χ3n) is 2.21. The third-order valence-corrected chi connectivity index (χ3v) is 2.94. The number of thiophene rings is 1. The highest BCUT2D eigenvalue weighted by atomic mass is 32.1. The van der Waals surface area contributed by atoms with Crippen molar-refractivity contribution in [3.05, 3.63) is 22.4 Å². The van der Waals surface area contributed by atoms with Crippen molar-refractivity contribution in [2.24, 2.45) is 0 Å². The van der Waals surface area contributed by atoms with E-state index in [1.807, 2.05) is 16.8 Å². The number of hydrogen-bond acceptors (Lipinski definition) is 3. The molecule has 0 spiro atoms. The van der Waals surface area contributed by atoms with E-state index in [0.29, 0.717) is 6.42 Å². The van der Waals surface area contributed by atoms with Crippen molar-refractivity contribution in [2.75, 3.05) is 13.2 Å². The van der Waals surface area contributed by atoms with E-state index in [2.05, 4.69) is 4.74 Å². The summed E-state index contributed by atoms with van der Waals surface area (Å²) in [6, 6.07) is 1.97. The molecule has 17 heavy (non-hydrogen) atoms. The van der Waals surface area contributed by atoms with E-state index in [-0.39, 0.29) is 13.0 Å². The Balaban J connectivity index is 2.03. The summed E-state index contributed by atoms with van der Waals surface area (Å²) in [4.78, 5) is 0. The quantitative estimate of drug-likeness (QED) is 0.770. The Morgan fingerprint density at radius 1 is 1.35 bits per heavy atom. The average molecular weight is 268 g/mol. The molecule has 0 aliphatic rings. The van der Waals surface area contributed by atoms with Crippen molar-refractivity contribution in [2.45, 2.75) is 31.5 Å². The van der Waals surface area contributed by atoms with Gasteiger partial charge in [0.25, 0.3) is 0 Å². The van der Waals surface area contributed by atoms with Crippen molar-refractivity contribution in [1.29, 1.82) is 0 Å². The van der Waals surface area contributed by atoms with Gasteiger partial charge in [-0.25, -0.2) is 0 Å². The van der Waals surface area contributed by atoms with Gasteiger partial charge in [0.2, 0.25) is 0 Å². The van der Waals surface area contributed by atoms with Gasteiger partial charge >= 0.3 is 6.18 Å². The van der Waals surface area contributed by atoms with Crippen LogP contribution in [0.15, 0.2) is 16.8 Å². The summed E-state index contributed by atoms with van der Waals surface area (Å²) in [5.41, 5.74) is 1.14. The standard InChI is InChI=1S/C11H15F3O2S/c12-11(13,14)8-16-5-3-10(15)2-1-9-4-6-17-7-9/h4,6-7,10,15H,1-3,5,8H2. The highest BCUT2D eigenvalue weighted by Gasteiger charge is 2.27. The minimum Gasteiger partial charge on any atom is -0.393 e. The van der Waals surface area contributed by atoms with Crippen LogP contribution in [0.3, 0.4) is 0 Å². The lowest BCUT2D eigenvalue weighted by Crippen LogP contribution is -2.19. The van der Waals surface area contributed by atoms with Crippen LogP contribution in [0.4, 0.5) is 13.2 Å². The molecule has 0 aromatic carbocycles. The van der Waals surface area contributed by atoms with E-state index in [4.69, 9.17) is 0 Å². The molecule has 1 heterocycles. The van der Waals surface area contributed by atoms with E-state index in [0.717, 1.165) is 12.0 Å². The van der Waals surface area contributed by atoms with Crippen LogP contribution in [-0.4, -0.2) is 30.6 Å². The molecule has 0 aliphatic carbocycles. The van der Waals surface area contributed by atoms with Crippen molar-refractivity contribution in [3.8, 4) is 0 Å². The zero-order chi connectivity index (χ0) is 12.7. The van der Waals surface area contributed by atoms with Gasteiger partial charge in [-0.2, -0.15) is 24.5 Å². The van der Waals surface area contributed by atoms with Crippen LogP contribution in [0.1, 0.15) is 18.4 Å². The smallest absolute Gasteiger partial charge is 0.393 e. The third kappa shape index (κ3) is 7.36. The van der Waals surface area contributed by atoms with Crippen LogP contribution in [0.2, 0.25) is 0 Å². The molecule has 1 N–H and O–H groups in total. The van der Waals surface area contributed by atoms with Crippen LogP contribution in [0, 0.1) is 0 Å². The predicted molar refractivity (Wildman–Crippen MR) is 60.1 cm³/mol. The van der Waals surface area contributed by atoms with Crippen molar-refractivity contribution in [3.63, 3.8) is 0 Å². The van der Waals surface area contributed by atoms with Gasteiger partial charge in [0.05, 0.1) is 6.10 Å². The van der Waals surface area contributed by atoms with Crippen LogP contribution in [0.5, 0.6) is 0 Å². The SMILES string of the molecule is OC(CCOCC(F)(F)F)CCc1ccsc1. The number of ether oxygens (including phenoxy) is 1. The first-order chi connectivity index (χ1) is 7.97. The first-order valence-corrected chi connectivity index (χ1v) is 6.25. The van der Waals surface area contributed by atoms with Gasteiger partial charge in [0.15, 0.2) is 0 Å². The molecule has 0 fully saturated rings. The fourth-order valence-electron chi connectivity index (χ4n) is 1.32. The molecular formula is C11H15F3O2S. The molecule has 98 valence electrons. The maximum Gasteiger partial charge on any atom is 0.411 e. The monoisotopic (exact) mass is 268 g/mol. The summed E-state index contributed by atoms with van der Waals surface area (Å²) >= 11 is 1.58. The van der Waals surface area contributed by atoms with Crippen LogP contribution >= 0.6 is 11.3 Å². The highest BCUT2D eigenvalue weighted by Crippen LogP contribution is 2.15. The van der Waals surface area contributed by atoms with Gasteiger partial charge < -0.3 is 9.84 Å². The van der Waals surface area contributed by atoms with E-state index in [1.54, 1.807) is 11.3 Å². The number of rotatable bonds is 7. The Morgan fingerprint density at radius 2 is 2.12 bits per heavy atom. The molecule has 0 saturated heterocycles. The Kier molecular flexibility index (Phi) is 5.94. The number of hydrogen-bond donors (Lipinski definition) is 1. The Hall–Kier alpha value is -0.590. The van der Waals surface area contributed by atoms with Crippen molar-refractivity contribution < 1.29 is 23.0 Å². The van der Waals surface area contributed by atoms with Gasteiger partial charge in [0.1, 0.15) is 6.61 Å². The molecule has 1 rings (SSSR count). The first-order valence-electron chi connectivity index (χ1n) is 5.31. The molecule has 0 saturated carbocycles. The Morgan fingerprint density at radius 3 is 2.71 bits per heavy atom. The largest absolute Gasteiger partial charge is 0.411 e. The Labute approximate surface area is 102 Å². The van der Waals surface area contributed by atoms with E-state index in [9.17, 15) is 18.3 Å². The van der Waals surface area contributed by atoms with E-state index >= 15 is 0 Å². The summed E-state index contributed by atoms with van der Waals surface area (Å²) in [6.07, 6.45) is -3.37. The molecule has 0 amide bonds. The number of halogens is 3. The molecule has 0 bridgehead atoms. The summed E-state index contributed by atoms with van der Waals surface area (Å²) < 4.78 is 39.6. The number of aryl methyl sites for hydroxylation is 1. The van der Waals surface area contributed by atoms with Crippen LogP contribution in [0.25, 0.3) is 0 Å². The van der Waals surface area contributed by atoms with E-state index < -0.39 is 18.9 Å². The molecular weight excluding hydrogens is 253 g/mol. The van der Waals surface area contributed by atoms with Gasteiger partial charge in [-0.05, 0) is 41.7 Å². The zero-order valence-electron chi connectivity index (χ0n) is 9.24. The van der Waals surface area contributed by atoms with Crippen LogP contribution in [-0.2, 0) is 11.2 Å². The summed E-state index contributed by atoms with van der Waals surface area (Å²) in [7, 11) is 0. The molecule has 6 heteroatoms. The molecule has 0 radical (unpaired) electrons. The molecule has 1 atom stereocenters. The molecule has 1 unspecified atom stereocenters. The summed E-state index contributed by atoms with van der Waals surface area (Å²) in [5, 5.41) is 13.5. The van der Waals surface area contributed by atoms with Gasteiger partial charge in [-0.1, -0.05) is 0 Å². The molecule has 1 aromatic rings. The average Bonchev–Trinajstić information content (AvgIpc) is 2.73. The van der Waals surface area contributed by atoms with Crippen LogP contribution < -0.4 is 0 Å². The fourth-order valence-corrected chi connectivity index (χ4v) is 2.02. The summed E-state index contributed by atoms with van der Waals surface area (Å²) in [6.45, 7) is -1.31. The number of aliphatic hydroxyl groups excluding tert-OH is 1. The normalized spacial score (nSPS) is 13.9. The van der Waals surface area contributed by atoms with Crippen molar-refractivity contribution in [1.82, 2.24) is 0 Å². The molecule has 2 nitrogen and oxygen atoms in total. The second kappa shape index (κ2) is 6.98. The predicted octanol–water partition coefficient (Wildman–Crippen LogP) is 3.01. The number of aliphatic hydroxyl groups is 1. The lowest BCUT2D eigenvalue weighted by molar-refractivity contribution is -0.175. The maximum absolute atomic E-state index is 11.7. The van der Waals surface area contributed by atoms with Crippen molar-refractivity contribution >= 4 is 11.3 Å². The van der Waals surface area contributed by atoms with Gasteiger partial charge in [0, 0.05) is 6.61 Å². The fraction of sp³-hybridized carbons (Fsp3) is 0.636. The minimum atomic E-state index is -4.29. The molecule has 0 aliphatic heterocycles. The lowest BCUT2D eigenvalue weighted by Gasteiger charge is -2.11. The number of alkyl halides is 3.